The molecule has 2 aromatic heterocycles. The lowest BCUT2D eigenvalue weighted by Crippen LogP contribution is -2.06. The van der Waals surface area contributed by atoms with E-state index in [1.54, 1.807) is 12.3 Å². The summed E-state index contributed by atoms with van der Waals surface area (Å²) in [6, 6.07) is 11.1. The number of para-hydroxylation sites is 1. The monoisotopic (exact) mass is 270 g/mol. The summed E-state index contributed by atoms with van der Waals surface area (Å²) in [5.41, 5.74) is 1.30. The van der Waals surface area contributed by atoms with Crippen molar-refractivity contribution in [2.24, 2.45) is 0 Å². The van der Waals surface area contributed by atoms with E-state index in [-0.39, 0.29) is 5.56 Å². The summed E-state index contributed by atoms with van der Waals surface area (Å²) < 4.78 is 3.17. The van der Waals surface area contributed by atoms with E-state index in [1.807, 2.05) is 30.3 Å². The third-order valence-electron chi connectivity index (χ3n) is 2.57. The Bertz CT molecular complexity index is 757. The van der Waals surface area contributed by atoms with Gasteiger partial charge < -0.3 is 9.71 Å². The van der Waals surface area contributed by atoms with Crippen LogP contribution in [0.1, 0.15) is 0 Å². The van der Waals surface area contributed by atoms with Gasteiger partial charge in [0.05, 0.1) is 17.4 Å². The van der Waals surface area contributed by atoms with Gasteiger partial charge in [-0.05, 0) is 24.3 Å². The Morgan fingerprint density at radius 3 is 2.89 bits per heavy atom. The molecule has 0 fully saturated rings. The number of rotatable bonds is 3. The van der Waals surface area contributed by atoms with Crippen molar-refractivity contribution in [3.05, 3.63) is 59.3 Å². The van der Waals surface area contributed by atoms with Crippen molar-refractivity contribution in [1.29, 1.82) is 0 Å². The number of fused-ring (bicyclic) bond motifs is 1. The van der Waals surface area contributed by atoms with Crippen LogP contribution in [0, 0.1) is 0 Å². The lowest BCUT2D eigenvalue weighted by molar-refractivity contribution is 1.14. The molecule has 94 valence electrons. The maximum atomic E-state index is 11.7. The van der Waals surface area contributed by atoms with Gasteiger partial charge in [0, 0.05) is 18.1 Å². The van der Waals surface area contributed by atoms with E-state index < -0.39 is 0 Å². The molecule has 0 saturated heterocycles. The van der Waals surface area contributed by atoms with Gasteiger partial charge in [-0.1, -0.05) is 12.1 Å². The third kappa shape index (κ3) is 2.43. The van der Waals surface area contributed by atoms with Crippen molar-refractivity contribution in [1.82, 2.24) is 15.0 Å². The lowest BCUT2D eigenvalue weighted by atomic mass is 10.2. The molecule has 0 bridgehead atoms. The zero-order valence-corrected chi connectivity index (χ0v) is 10.6. The van der Waals surface area contributed by atoms with Gasteiger partial charge in [0.1, 0.15) is 10.5 Å². The third-order valence-corrected chi connectivity index (χ3v) is 3.35. The smallest absolute Gasteiger partial charge is 0.258 e. The number of nitrogens with zero attached hydrogens (tertiary/aromatic N) is 2. The van der Waals surface area contributed by atoms with Crippen molar-refractivity contribution in [2.75, 3.05) is 4.72 Å². The van der Waals surface area contributed by atoms with E-state index in [1.165, 1.54) is 18.3 Å². The summed E-state index contributed by atoms with van der Waals surface area (Å²) in [5.74, 6) is 0. The molecule has 5 nitrogen and oxygen atoms in total. The molecule has 3 rings (SSSR count). The molecule has 0 unspecified atom stereocenters. The number of aromatic amines is 1. The Balaban J connectivity index is 1.93. The molecule has 0 atom stereocenters. The van der Waals surface area contributed by atoms with Gasteiger partial charge in [-0.2, -0.15) is 0 Å². The quantitative estimate of drug-likeness (QED) is 0.715. The fourth-order valence-electron chi connectivity index (χ4n) is 1.70. The molecule has 2 heterocycles. The molecule has 0 spiro atoms. The number of benzene rings is 1. The predicted molar refractivity (Wildman–Crippen MR) is 76.1 cm³/mol. The van der Waals surface area contributed by atoms with Crippen molar-refractivity contribution < 1.29 is 0 Å². The van der Waals surface area contributed by atoms with Gasteiger partial charge in [-0.3, -0.25) is 4.79 Å². The van der Waals surface area contributed by atoms with Gasteiger partial charge in [0.15, 0.2) is 0 Å². The van der Waals surface area contributed by atoms with E-state index in [9.17, 15) is 4.79 Å². The minimum Gasteiger partial charge on any atom is -0.322 e. The van der Waals surface area contributed by atoms with E-state index in [4.69, 9.17) is 0 Å². The Morgan fingerprint density at radius 2 is 2.05 bits per heavy atom. The molecule has 0 radical (unpaired) electrons. The van der Waals surface area contributed by atoms with Crippen LogP contribution in [-0.4, -0.2) is 15.0 Å². The van der Waals surface area contributed by atoms with Crippen molar-refractivity contribution >= 4 is 28.5 Å². The highest BCUT2D eigenvalue weighted by Crippen LogP contribution is 2.23. The summed E-state index contributed by atoms with van der Waals surface area (Å²) in [7, 11) is 0. The van der Waals surface area contributed by atoms with Gasteiger partial charge in [-0.15, -0.1) is 0 Å². The van der Waals surface area contributed by atoms with Crippen LogP contribution in [0.15, 0.2) is 58.7 Å². The number of hydrogen-bond donors (Lipinski definition) is 2. The highest BCUT2D eigenvalue weighted by molar-refractivity contribution is 8.00. The largest absolute Gasteiger partial charge is 0.322 e. The normalized spacial score (nSPS) is 10.5. The molecule has 0 aliphatic carbocycles. The fraction of sp³-hybridized carbons (Fsp3) is 0. The van der Waals surface area contributed by atoms with Gasteiger partial charge >= 0.3 is 0 Å². The summed E-state index contributed by atoms with van der Waals surface area (Å²) in [6.07, 6.45) is 3.14. The second-order valence-electron chi connectivity index (χ2n) is 3.81. The van der Waals surface area contributed by atoms with Crippen LogP contribution >= 0.6 is 11.9 Å². The molecule has 1 aromatic carbocycles. The van der Waals surface area contributed by atoms with Crippen molar-refractivity contribution in [3.8, 4) is 0 Å². The van der Waals surface area contributed by atoms with Crippen molar-refractivity contribution in [2.45, 2.75) is 5.03 Å². The zero-order chi connectivity index (χ0) is 13.1. The Kier molecular flexibility index (Phi) is 3.16. The number of pyridine rings is 1. The number of aromatic nitrogens is 3. The zero-order valence-electron chi connectivity index (χ0n) is 9.83. The standard InChI is InChI=1S/C13H10N4OS/c18-13-9-4-3-5-10(12(9)15-8-16-13)17-19-11-6-1-2-7-14-11/h1-8,17H,(H,15,16,18). The predicted octanol–water partition coefficient (Wildman–Crippen LogP) is 2.44. The molecule has 0 amide bonds. The van der Waals surface area contributed by atoms with E-state index in [2.05, 4.69) is 19.7 Å². The van der Waals surface area contributed by atoms with E-state index >= 15 is 0 Å². The molecule has 2 N–H and O–H groups in total. The lowest BCUT2D eigenvalue weighted by Gasteiger charge is -2.06. The highest BCUT2D eigenvalue weighted by atomic mass is 32.2. The fourth-order valence-corrected chi connectivity index (χ4v) is 2.34. The summed E-state index contributed by atoms with van der Waals surface area (Å²) >= 11 is 1.38. The van der Waals surface area contributed by atoms with E-state index in [0.29, 0.717) is 10.9 Å². The minimum absolute atomic E-state index is 0.142. The number of nitrogens with one attached hydrogen (secondary N) is 2. The molecule has 3 aromatic rings. The second-order valence-corrected chi connectivity index (χ2v) is 4.63. The summed E-state index contributed by atoms with van der Waals surface area (Å²) in [5, 5.41) is 1.42. The van der Waals surface area contributed by atoms with Crippen molar-refractivity contribution in [3.63, 3.8) is 0 Å². The molecule has 0 aliphatic rings. The van der Waals surface area contributed by atoms with Crippen LogP contribution in [0.4, 0.5) is 5.69 Å². The number of anilines is 1. The first-order valence-corrected chi connectivity index (χ1v) is 6.46. The molecule has 0 saturated carbocycles. The number of hydrogen-bond acceptors (Lipinski definition) is 5. The van der Waals surface area contributed by atoms with Crippen LogP contribution in [0.2, 0.25) is 0 Å². The van der Waals surface area contributed by atoms with Gasteiger partial charge in [-0.25, -0.2) is 9.97 Å². The first kappa shape index (κ1) is 11.7. The first-order valence-electron chi connectivity index (χ1n) is 5.65. The first-order chi connectivity index (χ1) is 9.34. The maximum absolute atomic E-state index is 11.7. The van der Waals surface area contributed by atoms with Gasteiger partial charge in [0.25, 0.3) is 5.56 Å². The maximum Gasteiger partial charge on any atom is 0.258 e. The van der Waals surface area contributed by atoms with Crippen LogP contribution in [0.25, 0.3) is 10.9 Å². The summed E-state index contributed by atoms with van der Waals surface area (Å²) in [4.78, 5) is 22.6. The van der Waals surface area contributed by atoms with Gasteiger partial charge in [0.2, 0.25) is 0 Å². The van der Waals surface area contributed by atoms with Crippen LogP contribution in [0.3, 0.4) is 0 Å². The average molecular weight is 270 g/mol. The SMILES string of the molecule is O=c1[nH]cnc2c(NSc3ccccn3)cccc12. The Labute approximate surface area is 113 Å². The van der Waals surface area contributed by atoms with Crippen LogP contribution < -0.4 is 10.3 Å². The molecular weight excluding hydrogens is 260 g/mol. The molecule has 0 aliphatic heterocycles. The molecule has 6 heteroatoms. The average Bonchev–Trinajstić information content (AvgIpc) is 2.47. The topological polar surface area (TPSA) is 70.7 Å². The number of H-pyrrole nitrogens is 1. The van der Waals surface area contributed by atoms with Crippen LogP contribution in [0.5, 0.6) is 0 Å². The van der Waals surface area contributed by atoms with Crippen LogP contribution in [-0.2, 0) is 0 Å². The Hall–Kier alpha value is -2.34. The highest BCUT2D eigenvalue weighted by Gasteiger charge is 2.05. The second kappa shape index (κ2) is 5.11. The minimum atomic E-state index is -0.142. The Morgan fingerprint density at radius 1 is 1.11 bits per heavy atom. The van der Waals surface area contributed by atoms with E-state index in [0.717, 1.165) is 10.7 Å². The molecular formula is C13H10N4OS. The molecule has 19 heavy (non-hydrogen) atoms. The summed E-state index contributed by atoms with van der Waals surface area (Å²) in [6.45, 7) is 0.